The van der Waals surface area contributed by atoms with Crippen LogP contribution in [0.4, 0.5) is 10.1 Å². The average Bonchev–Trinajstić information content (AvgIpc) is 2.95. The predicted octanol–water partition coefficient (Wildman–Crippen LogP) is 3.52. The lowest BCUT2D eigenvalue weighted by Crippen LogP contribution is -2.47. The van der Waals surface area contributed by atoms with Crippen LogP contribution < -0.4 is 9.64 Å². The molecule has 2 atom stereocenters. The molecule has 0 bridgehead atoms. The van der Waals surface area contributed by atoms with Crippen LogP contribution in [-0.4, -0.2) is 44.1 Å². The molecule has 1 amide bonds. The largest absolute Gasteiger partial charge is 0.494 e. The number of methoxy groups -OCH3 is 1. The molecular formula is C22H25FN2O2. The average molecular weight is 368 g/mol. The van der Waals surface area contributed by atoms with E-state index in [1.54, 1.807) is 12.1 Å². The van der Waals surface area contributed by atoms with Gasteiger partial charge in [-0.3, -0.25) is 4.79 Å². The zero-order valence-electron chi connectivity index (χ0n) is 16.0. The van der Waals surface area contributed by atoms with Gasteiger partial charge in [0.2, 0.25) is 5.91 Å². The Kier molecular flexibility index (Phi) is 4.64. The smallest absolute Gasteiger partial charge is 0.231 e. The molecule has 1 fully saturated rings. The van der Waals surface area contributed by atoms with Crippen LogP contribution >= 0.6 is 0 Å². The summed E-state index contributed by atoms with van der Waals surface area (Å²) < 4.78 is 19.0. The van der Waals surface area contributed by atoms with Gasteiger partial charge >= 0.3 is 0 Å². The van der Waals surface area contributed by atoms with Gasteiger partial charge < -0.3 is 14.5 Å². The first-order valence-electron chi connectivity index (χ1n) is 9.41. The summed E-state index contributed by atoms with van der Waals surface area (Å²) in [5.74, 6) is 0.137. The molecule has 2 heterocycles. The van der Waals surface area contributed by atoms with E-state index in [2.05, 4.69) is 37.1 Å². The Morgan fingerprint density at radius 3 is 2.81 bits per heavy atom. The van der Waals surface area contributed by atoms with Gasteiger partial charge in [-0.15, -0.1) is 0 Å². The first-order valence-corrected chi connectivity index (χ1v) is 9.41. The van der Waals surface area contributed by atoms with E-state index in [1.807, 2.05) is 4.90 Å². The van der Waals surface area contributed by atoms with Gasteiger partial charge in [-0.1, -0.05) is 23.8 Å². The minimum absolute atomic E-state index is 0.0294. The normalized spacial score (nSPS) is 21.7. The van der Waals surface area contributed by atoms with Crippen molar-refractivity contribution in [1.82, 2.24) is 4.90 Å². The van der Waals surface area contributed by atoms with E-state index in [4.69, 9.17) is 4.74 Å². The standard InChI is InChI=1S/C22H25FN2O2/c1-14-4-6-19-16(10-14)17-13-24(2)9-8-20(17)25(19)22(26)12-15-5-7-21(27-3)18(23)11-15/h4-7,10-11,17,20H,8-9,12-13H2,1-3H3. The Labute approximate surface area is 159 Å². The van der Waals surface area contributed by atoms with Crippen molar-refractivity contribution in [3.8, 4) is 5.75 Å². The highest BCUT2D eigenvalue weighted by molar-refractivity contribution is 5.98. The maximum atomic E-state index is 14.0. The van der Waals surface area contributed by atoms with Gasteiger partial charge in [0.25, 0.3) is 0 Å². The molecular weight excluding hydrogens is 343 g/mol. The Bertz CT molecular complexity index is 883. The third-order valence-corrected chi connectivity index (χ3v) is 5.79. The number of likely N-dealkylation sites (tertiary alicyclic amines) is 1. The van der Waals surface area contributed by atoms with Crippen LogP contribution in [0.5, 0.6) is 5.75 Å². The lowest BCUT2D eigenvalue weighted by molar-refractivity contribution is -0.118. The molecule has 0 spiro atoms. The second-order valence-corrected chi connectivity index (χ2v) is 7.70. The van der Waals surface area contributed by atoms with Gasteiger partial charge in [0.05, 0.1) is 13.5 Å². The summed E-state index contributed by atoms with van der Waals surface area (Å²) in [6.45, 7) is 4.03. The van der Waals surface area contributed by atoms with Gasteiger partial charge in [-0.2, -0.15) is 0 Å². The third kappa shape index (κ3) is 3.21. The van der Waals surface area contributed by atoms with Gasteiger partial charge in [0.1, 0.15) is 0 Å². The first kappa shape index (κ1) is 18.0. The minimum Gasteiger partial charge on any atom is -0.494 e. The molecule has 2 aliphatic heterocycles. The van der Waals surface area contributed by atoms with Gasteiger partial charge in [0.15, 0.2) is 11.6 Å². The molecule has 142 valence electrons. The molecule has 2 aromatic carbocycles. The molecule has 5 heteroatoms. The van der Waals surface area contributed by atoms with E-state index >= 15 is 0 Å². The first-order chi connectivity index (χ1) is 13.0. The van der Waals surface area contributed by atoms with Crippen molar-refractivity contribution in [3.05, 3.63) is 58.9 Å². The minimum atomic E-state index is -0.433. The molecule has 2 aromatic rings. The number of ether oxygens (including phenoxy) is 1. The predicted molar refractivity (Wildman–Crippen MR) is 104 cm³/mol. The number of carbonyl (C=O) groups is 1. The molecule has 27 heavy (non-hydrogen) atoms. The lowest BCUT2D eigenvalue weighted by atomic mass is 9.89. The molecule has 2 aliphatic rings. The Hall–Kier alpha value is -2.40. The highest BCUT2D eigenvalue weighted by Crippen LogP contribution is 2.45. The number of amides is 1. The van der Waals surface area contributed by atoms with E-state index in [0.717, 1.165) is 25.2 Å². The number of piperidine rings is 1. The number of anilines is 1. The number of rotatable bonds is 3. The summed E-state index contributed by atoms with van der Waals surface area (Å²) in [5, 5.41) is 0. The zero-order valence-corrected chi connectivity index (χ0v) is 16.0. The molecule has 4 rings (SSSR count). The molecule has 0 aromatic heterocycles. The van der Waals surface area contributed by atoms with Gasteiger partial charge in [-0.25, -0.2) is 4.39 Å². The maximum absolute atomic E-state index is 14.0. The number of aryl methyl sites for hydroxylation is 1. The number of hydrogen-bond donors (Lipinski definition) is 0. The third-order valence-electron chi connectivity index (χ3n) is 5.79. The van der Waals surface area contributed by atoms with Crippen molar-refractivity contribution < 1.29 is 13.9 Å². The second kappa shape index (κ2) is 6.97. The van der Waals surface area contributed by atoms with Gasteiger partial charge in [-0.05, 0) is 56.3 Å². The molecule has 2 unspecified atom stereocenters. The van der Waals surface area contributed by atoms with E-state index in [1.165, 1.54) is 24.3 Å². The SMILES string of the molecule is COc1ccc(CC(=O)N2c3ccc(C)cc3C3CN(C)CCC32)cc1F. The van der Waals surface area contributed by atoms with Crippen molar-refractivity contribution in [3.63, 3.8) is 0 Å². The van der Waals surface area contributed by atoms with Crippen LogP contribution in [0.15, 0.2) is 36.4 Å². The van der Waals surface area contributed by atoms with Crippen LogP contribution in [0.2, 0.25) is 0 Å². The van der Waals surface area contributed by atoms with Crippen molar-refractivity contribution in [2.24, 2.45) is 0 Å². The number of fused-ring (bicyclic) bond motifs is 3. The number of halogens is 1. The second-order valence-electron chi connectivity index (χ2n) is 7.70. The van der Waals surface area contributed by atoms with Crippen LogP contribution in [0.3, 0.4) is 0 Å². The van der Waals surface area contributed by atoms with E-state index in [9.17, 15) is 9.18 Å². The quantitative estimate of drug-likeness (QED) is 0.831. The maximum Gasteiger partial charge on any atom is 0.231 e. The van der Waals surface area contributed by atoms with Crippen molar-refractivity contribution in [2.75, 3.05) is 32.1 Å². The summed E-state index contributed by atoms with van der Waals surface area (Å²) in [6.07, 6.45) is 1.14. The molecule has 4 nitrogen and oxygen atoms in total. The van der Waals surface area contributed by atoms with Crippen LogP contribution in [0.1, 0.15) is 29.0 Å². The summed E-state index contributed by atoms with van der Waals surface area (Å²) in [4.78, 5) is 17.5. The zero-order chi connectivity index (χ0) is 19.1. The number of nitrogens with zero attached hydrogens (tertiary/aromatic N) is 2. The van der Waals surface area contributed by atoms with Crippen LogP contribution in [0.25, 0.3) is 0 Å². The summed E-state index contributed by atoms with van der Waals surface area (Å²) in [6, 6.07) is 11.3. The van der Waals surface area contributed by atoms with Crippen molar-refractivity contribution >= 4 is 11.6 Å². The fourth-order valence-electron chi connectivity index (χ4n) is 4.49. The van der Waals surface area contributed by atoms with Gasteiger partial charge in [0, 0.05) is 24.2 Å². The Balaban J connectivity index is 1.64. The molecule has 0 N–H and O–H groups in total. The highest BCUT2D eigenvalue weighted by atomic mass is 19.1. The summed E-state index contributed by atoms with van der Waals surface area (Å²) >= 11 is 0. The van der Waals surface area contributed by atoms with Crippen molar-refractivity contribution in [1.29, 1.82) is 0 Å². The molecule has 1 saturated heterocycles. The van der Waals surface area contributed by atoms with E-state index < -0.39 is 5.82 Å². The number of likely N-dealkylation sites (N-methyl/N-ethyl adjacent to an activating group) is 1. The monoisotopic (exact) mass is 368 g/mol. The number of hydrogen-bond acceptors (Lipinski definition) is 3. The topological polar surface area (TPSA) is 32.8 Å². The molecule has 0 aliphatic carbocycles. The van der Waals surface area contributed by atoms with Crippen molar-refractivity contribution in [2.45, 2.75) is 31.7 Å². The fourth-order valence-corrected chi connectivity index (χ4v) is 4.49. The Morgan fingerprint density at radius 2 is 2.07 bits per heavy atom. The molecule has 0 radical (unpaired) electrons. The van der Waals surface area contributed by atoms with E-state index in [-0.39, 0.29) is 24.1 Å². The van der Waals surface area contributed by atoms with E-state index in [0.29, 0.717) is 11.5 Å². The Morgan fingerprint density at radius 1 is 1.26 bits per heavy atom. The fraction of sp³-hybridized carbons (Fsp3) is 0.409. The molecule has 0 saturated carbocycles. The lowest BCUT2D eigenvalue weighted by Gasteiger charge is -2.36. The summed E-state index contributed by atoms with van der Waals surface area (Å²) in [5.41, 5.74) is 4.17. The van der Waals surface area contributed by atoms with Crippen LogP contribution in [-0.2, 0) is 11.2 Å². The number of carbonyl (C=O) groups excluding carboxylic acids is 1. The van der Waals surface area contributed by atoms with Crippen LogP contribution in [0, 0.1) is 12.7 Å². The number of benzene rings is 2. The summed E-state index contributed by atoms with van der Waals surface area (Å²) in [7, 11) is 3.57. The highest BCUT2D eigenvalue weighted by Gasteiger charge is 2.43.